The van der Waals surface area contributed by atoms with Gasteiger partial charge in [0.05, 0.1) is 18.4 Å². The highest BCUT2D eigenvalue weighted by atomic mass is 16.7. The van der Waals surface area contributed by atoms with E-state index in [1.165, 1.54) is 11.8 Å². The number of benzene rings is 2. The van der Waals surface area contributed by atoms with Crippen LogP contribution in [0.3, 0.4) is 0 Å². The number of carbonyl (C=O) groups is 1. The molecular weight excluding hydrogens is 374 g/mol. The van der Waals surface area contributed by atoms with Crippen molar-refractivity contribution in [1.82, 2.24) is 14.3 Å². The lowest BCUT2D eigenvalue weighted by molar-refractivity contribution is 0.0600. The van der Waals surface area contributed by atoms with Crippen LogP contribution in [0.15, 0.2) is 65.7 Å². The Balaban J connectivity index is 1.74. The molecule has 5 rings (SSSR count). The van der Waals surface area contributed by atoms with Gasteiger partial charge in [-0.3, -0.25) is 4.79 Å². The van der Waals surface area contributed by atoms with Crippen LogP contribution in [0.2, 0.25) is 0 Å². The van der Waals surface area contributed by atoms with E-state index < -0.39 is 5.97 Å². The van der Waals surface area contributed by atoms with E-state index >= 15 is 0 Å². The van der Waals surface area contributed by atoms with E-state index in [0.29, 0.717) is 28.4 Å². The first kappa shape index (κ1) is 17.1. The van der Waals surface area contributed by atoms with Crippen LogP contribution < -0.4 is 15.0 Å². The summed E-state index contributed by atoms with van der Waals surface area (Å²) in [5.41, 5.74) is 1.75. The maximum absolute atomic E-state index is 13.1. The minimum absolute atomic E-state index is 0.157. The van der Waals surface area contributed by atoms with Crippen LogP contribution in [0.1, 0.15) is 10.4 Å². The Kier molecular flexibility index (Phi) is 3.83. The topological polar surface area (TPSA) is 84.6 Å². The van der Waals surface area contributed by atoms with E-state index in [4.69, 9.17) is 14.2 Å². The minimum atomic E-state index is -0.581. The van der Waals surface area contributed by atoms with Gasteiger partial charge >= 0.3 is 5.97 Å². The molecular formula is C21H15N3O5. The predicted molar refractivity (Wildman–Crippen MR) is 103 cm³/mol. The molecule has 0 amide bonds. The summed E-state index contributed by atoms with van der Waals surface area (Å²) in [6.45, 7) is 0.157. The fourth-order valence-corrected chi connectivity index (χ4v) is 3.30. The number of rotatable bonds is 3. The van der Waals surface area contributed by atoms with Crippen LogP contribution in [0.4, 0.5) is 0 Å². The third-order valence-corrected chi connectivity index (χ3v) is 4.73. The van der Waals surface area contributed by atoms with E-state index in [1.807, 2.05) is 24.3 Å². The van der Waals surface area contributed by atoms with Crippen molar-refractivity contribution in [3.05, 3.63) is 76.8 Å². The molecule has 3 aliphatic rings. The molecule has 0 atom stereocenters. The molecule has 3 heterocycles. The molecule has 2 aromatic rings. The Bertz CT molecular complexity index is 1260. The number of para-hydroxylation sites is 1. The summed E-state index contributed by atoms with van der Waals surface area (Å²) in [5.74, 6) is 0.657. The van der Waals surface area contributed by atoms with E-state index in [-0.39, 0.29) is 23.6 Å². The zero-order valence-corrected chi connectivity index (χ0v) is 15.4. The average molecular weight is 389 g/mol. The highest BCUT2D eigenvalue weighted by Gasteiger charge is 2.25. The fraction of sp³-hybridized carbons (Fsp3) is 0.0952. The number of pyridine rings is 1. The normalized spacial score (nSPS) is 12.3. The van der Waals surface area contributed by atoms with Gasteiger partial charge in [0.25, 0.3) is 5.56 Å². The summed E-state index contributed by atoms with van der Waals surface area (Å²) in [6, 6.07) is 14.4. The van der Waals surface area contributed by atoms with E-state index in [1.54, 1.807) is 41.2 Å². The van der Waals surface area contributed by atoms with Crippen LogP contribution in [0.25, 0.3) is 22.6 Å². The van der Waals surface area contributed by atoms with Crippen molar-refractivity contribution >= 4 is 5.97 Å². The Morgan fingerprint density at radius 2 is 1.83 bits per heavy atom. The van der Waals surface area contributed by atoms with Gasteiger partial charge in [-0.05, 0) is 24.3 Å². The molecule has 0 fully saturated rings. The highest BCUT2D eigenvalue weighted by molar-refractivity contribution is 5.96. The third kappa shape index (κ3) is 2.73. The van der Waals surface area contributed by atoms with Gasteiger partial charge < -0.3 is 18.8 Å². The molecule has 144 valence electrons. The summed E-state index contributed by atoms with van der Waals surface area (Å²) in [5, 5.41) is 4.39. The van der Waals surface area contributed by atoms with Crippen LogP contribution >= 0.6 is 0 Å². The molecule has 0 saturated heterocycles. The number of esters is 1. The van der Waals surface area contributed by atoms with Crippen LogP contribution in [0.5, 0.6) is 11.5 Å². The van der Waals surface area contributed by atoms with Gasteiger partial charge in [-0.2, -0.15) is 9.78 Å². The standard InChI is InChI=1S/C21H15N3O5/c1-27-21(26)16-11-23(14-7-8-17-18(9-14)29-12-28-17)10-15-19(16)22-24(20(15)25)13-5-3-2-4-6-13/h2-11H,12H2,1H3. The van der Waals surface area contributed by atoms with Crippen molar-refractivity contribution in [3.8, 4) is 34.1 Å². The number of hydrogen-bond donors (Lipinski definition) is 0. The van der Waals surface area contributed by atoms with Crippen molar-refractivity contribution in [1.29, 1.82) is 0 Å². The molecule has 0 unspecified atom stereocenters. The third-order valence-electron chi connectivity index (χ3n) is 4.73. The van der Waals surface area contributed by atoms with E-state index in [9.17, 15) is 9.59 Å². The molecule has 0 radical (unpaired) electrons. The first-order chi connectivity index (χ1) is 14.2. The summed E-state index contributed by atoms with van der Waals surface area (Å²) in [7, 11) is 1.29. The second-order valence-electron chi connectivity index (χ2n) is 6.42. The Labute approximate surface area is 164 Å². The number of fused-ring (bicyclic) bond motifs is 2. The smallest absolute Gasteiger partial charge is 0.341 e. The second-order valence-corrected chi connectivity index (χ2v) is 6.42. The lowest BCUT2D eigenvalue weighted by Gasteiger charge is -2.12. The summed E-state index contributed by atoms with van der Waals surface area (Å²) >= 11 is 0. The van der Waals surface area contributed by atoms with Crippen molar-refractivity contribution in [2.45, 2.75) is 0 Å². The maximum Gasteiger partial charge on any atom is 0.341 e. The number of hydrogen-bond acceptors (Lipinski definition) is 6. The number of methoxy groups -OCH3 is 1. The van der Waals surface area contributed by atoms with Gasteiger partial charge in [-0.25, -0.2) is 4.79 Å². The molecule has 0 saturated carbocycles. The zero-order valence-electron chi connectivity index (χ0n) is 15.4. The van der Waals surface area contributed by atoms with Crippen molar-refractivity contribution in [3.63, 3.8) is 0 Å². The number of carbonyl (C=O) groups excluding carboxylic acids is 1. The minimum Gasteiger partial charge on any atom is -0.465 e. The maximum atomic E-state index is 13.1. The predicted octanol–water partition coefficient (Wildman–Crippen LogP) is 2.64. The molecule has 2 aromatic carbocycles. The van der Waals surface area contributed by atoms with E-state index in [2.05, 4.69) is 5.10 Å². The van der Waals surface area contributed by atoms with Gasteiger partial charge in [-0.15, -0.1) is 0 Å². The molecule has 0 N–H and O–H groups in total. The molecule has 29 heavy (non-hydrogen) atoms. The van der Waals surface area contributed by atoms with Crippen molar-refractivity contribution < 1.29 is 19.0 Å². The first-order valence-electron chi connectivity index (χ1n) is 8.84. The number of aromatic nitrogens is 3. The lowest BCUT2D eigenvalue weighted by Crippen LogP contribution is -2.15. The highest BCUT2D eigenvalue weighted by Crippen LogP contribution is 2.34. The largest absolute Gasteiger partial charge is 0.465 e. The van der Waals surface area contributed by atoms with Gasteiger partial charge in [0.15, 0.2) is 11.5 Å². The quantitative estimate of drug-likeness (QED) is 0.501. The SMILES string of the molecule is COC(=O)c1cn(-c2ccc3c(c2)OCO3)cc2c(=O)n(-c3ccccc3)nc1-2. The second kappa shape index (κ2) is 6.52. The van der Waals surface area contributed by atoms with Gasteiger partial charge in [0, 0.05) is 24.1 Å². The Hall–Kier alpha value is -4.07. The molecule has 0 aliphatic carbocycles. The Morgan fingerprint density at radius 3 is 2.62 bits per heavy atom. The molecule has 0 spiro atoms. The molecule has 8 nitrogen and oxygen atoms in total. The van der Waals surface area contributed by atoms with Gasteiger partial charge in [0.1, 0.15) is 11.3 Å². The van der Waals surface area contributed by atoms with Gasteiger partial charge in [0.2, 0.25) is 6.79 Å². The van der Waals surface area contributed by atoms with Gasteiger partial charge in [-0.1, -0.05) is 18.2 Å². The van der Waals surface area contributed by atoms with Crippen molar-refractivity contribution in [2.75, 3.05) is 13.9 Å². The van der Waals surface area contributed by atoms with Crippen LogP contribution in [-0.4, -0.2) is 34.2 Å². The average Bonchev–Trinajstić information content (AvgIpc) is 3.37. The Morgan fingerprint density at radius 1 is 1.03 bits per heavy atom. The first-order valence-corrected chi connectivity index (χ1v) is 8.84. The monoisotopic (exact) mass is 389 g/mol. The molecule has 3 aliphatic heterocycles. The number of ether oxygens (including phenoxy) is 3. The molecule has 0 bridgehead atoms. The summed E-state index contributed by atoms with van der Waals surface area (Å²) in [6.07, 6.45) is 3.24. The van der Waals surface area contributed by atoms with Crippen LogP contribution in [0, 0.1) is 0 Å². The van der Waals surface area contributed by atoms with Crippen LogP contribution in [-0.2, 0) is 4.74 Å². The molecule has 0 aromatic heterocycles. The van der Waals surface area contributed by atoms with E-state index in [0.717, 1.165) is 0 Å². The zero-order chi connectivity index (χ0) is 20.0. The molecule has 8 heteroatoms. The summed E-state index contributed by atoms with van der Waals surface area (Å²) in [4.78, 5) is 25.5. The van der Waals surface area contributed by atoms with Crippen molar-refractivity contribution in [2.24, 2.45) is 0 Å². The number of nitrogens with zero attached hydrogens (tertiary/aromatic N) is 3. The fourth-order valence-electron chi connectivity index (χ4n) is 3.30. The lowest BCUT2D eigenvalue weighted by atomic mass is 10.1. The summed E-state index contributed by atoms with van der Waals surface area (Å²) < 4.78 is 18.6.